The Balaban J connectivity index is 7.67. The third kappa shape index (κ3) is 3.60. The average molecular weight is 468 g/mol. The molecule has 0 aliphatic carbocycles. The molecular weight excluding hydrogens is 423 g/mol. The van der Waals surface area contributed by atoms with Crippen LogP contribution in [0.25, 0.3) is 0 Å². The van der Waals surface area contributed by atoms with Crippen LogP contribution in [0.4, 0.5) is 0 Å². The molecule has 0 aromatic heterocycles. The highest BCUT2D eigenvalue weighted by molar-refractivity contribution is 8.27. The molecule has 0 aliphatic rings. The first kappa shape index (κ1) is 25.9. The van der Waals surface area contributed by atoms with Gasteiger partial charge >= 0.3 is 0 Å². The van der Waals surface area contributed by atoms with Gasteiger partial charge in [-0.25, -0.2) is 11.5 Å². The van der Waals surface area contributed by atoms with E-state index in [-0.39, 0.29) is 0 Å². The summed E-state index contributed by atoms with van der Waals surface area (Å²) in [6, 6.07) is 0. The van der Waals surface area contributed by atoms with Crippen LogP contribution in [0.3, 0.4) is 0 Å². The third-order valence-electron chi connectivity index (χ3n) is 6.50. The Morgan fingerprint density at radius 1 is 0.417 bits per heavy atom. The zero-order chi connectivity index (χ0) is 20.2. The van der Waals surface area contributed by atoms with Gasteiger partial charge in [-0.15, -0.1) is 0 Å². The fourth-order valence-electron chi connectivity index (χ4n) is 7.81. The molecule has 0 aromatic rings. The van der Waals surface area contributed by atoms with E-state index in [1.807, 2.05) is 0 Å². The van der Waals surface area contributed by atoms with Crippen molar-refractivity contribution < 1.29 is 0 Å². The molecule has 143 valence electrons. The van der Waals surface area contributed by atoms with E-state index < -0.39 is 50.6 Å². The van der Waals surface area contributed by atoms with Crippen molar-refractivity contribution in [2.24, 2.45) is 0 Å². The third-order valence-corrected chi connectivity index (χ3v) is 180. The van der Waals surface area contributed by atoms with Crippen LogP contribution in [-0.2, 0) is 0 Å². The number of rotatable bonds is 7. The van der Waals surface area contributed by atoms with Crippen LogP contribution >= 0.6 is 11.5 Å². The van der Waals surface area contributed by atoms with Gasteiger partial charge < -0.3 is 0 Å². The first-order valence-electron chi connectivity index (χ1n) is 9.51. The Bertz CT molecular complexity index is 397. The minimum absolute atomic E-state index is 1.31. The summed E-state index contributed by atoms with van der Waals surface area (Å²) < 4.78 is 0. The van der Waals surface area contributed by atoms with Gasteiger partial charge in [0.15, 0.2) is 0 Å². The second-order valence-electron chi connectivity index (χ2n) is 12.9. The summed E-state index contributed by atoms with van der Waals surface area (Å²) in [6.07, 6.45) is 1.02. The first-order valence-corrected chi connectivity index (χ1v) is 37.5. The Kier molecular flexibility index (Phi) is 7.59. The van der Waals surface area contributed by atoms with Crippen LogP contribution in [0.2, 0.25) is 98.2 Å². The molecule has 0 fully saturated rings. The van der Waals surface area contributed by atoms with E-state index in [9.17, 15) is 0 Å². The monoisotopic (exact) mass is 467 g/mol. The highest BCUT2D eigenvalue weighted by Gasteiger charge is 2.77. The molecule has 0 rings (SSSR count). The molecule has 0 saturated carbocycles. The Labute approximate surface area is 165 Å². The molecule has 1 radical (unpaired) electrons. The molecule has 24 heavy (non-hydrogen) atoms. The van der Waals surface area contributed by atoms with Crippen molar-refractivity contribution in [3.05, 3.63) is 0 Å². The van der Waals surface area contributed by atoms with Crippen LogP contribution in [-0.4, -0.2) is 56.9 Å². The number of hydrogen-bond donors (Lipinski definition) is 0. The predicted molar refractivity (Wildman–Crippen MR) is 140 cm³/mol. The Hall–Kier alpha value is 1.87. The molecule has 0 saturated heterocycles. The van der Waals surface area contributed by atoms with Gasteiger partial charge in [-0.1, -0.05) is 98.2 Å². The van der Waals surface area contributed by atoms with Crippen LogP contribution < -0.4 is 0 Å². The second kappa shape index (κ2) is 7.04. The summed E-state index contributed by atoms with van der Waals surface area (Å²) in [5.74, 6) is 0. The fraction of sp³-hybridized carbons (Fsp3) is 1.00. The van der Waals surface area contributed by atoms with E-state index in [1.54, 1.807) is 0 Å². The molecule has 0 heterocycles. The topological polar surface area (TPSA) is 0 Å². The maximum Gasteiger partial charge on any atom is 0.219 e. The highest BCUT2D eigenvalue weighted by atomic mass is 35.5. The van der Waals surface area contributed by atoms with E-state index in [1.165, 1.54) is 0 Å². The van der Waals surface area contributed by atoms with E-state index in [0.29, 0.717) is 0 Å². The van der Waals surface area contributed by atoms with Crippen LogP contribution in [0.5, 0.6) is 0 Å². The minimum Gasteiger partial charge on any atom is -0.209 e. The molecule has 0 atom stereocenters. The predicted octanol–water partition coefficient (Wildman–Crippen LogP) is 6.40. The lowest BCUT2D eigenvalue weighted by molar-refractivity contribution is 1.74. The second-order valence-corrected chi connectivity index (χ2v) is 91.5. The summed E-state index contributed by atoms with van der Waals surface area (Å²) in [6.45, 7) is 39.5. The maximum atomic E-state index is 7.10. The average Bonchev–Trinajstić information content (AvgIpc) is 2.14. The van der Waals surface area contributed by atoms with E-state index in [4.69, 9.17) is 11.5 Å². The molecule has 0 N–H and O–H groups in total. The molecule has 0 nitrogen and oxygen atoms in total. The largest absolute Gasteiger partial charge is 0.219 e. The lowest BCUT2D eigenvalue weighted by atomic mass is 10.7. The van der Waals surface area contributed by atoms with Crippen molar-refractivity contribution in [2.75, 3.05) is 0 Å². The van der Waals surface area contributed by atoms with Gasteiger partial charge in [-0.2, -0.15) is 0 Å². The van der Waals surface area contributed by atoms with Crippen molar-refractivity contribution in [2.45, 2.75) is 98.2 Å². The van der Waals surface area contributed by atoms with E-state index in [2.05, 4.69) is 104 Å². The molecule has 0 bridgehead atoms. The summed E-state index contributed by atoms with van der Waals surface area (Å²) in [7, 11) is -6.63. The Morgan fingerprint density at radius 3 is 0.667 bits per heavy atom. The summed E-state index contributed by atoms with van der Waals surface area (Å²) in [4.78, 5) is 0. The zero-order valence-electron chi connectivity index (χ0n) is 19.5. The van der Waals surface area contributed by atoms with Crippen molar-refractivity contribution in [3.8, 4) is 0 Å². The molecule has 0 amide bonds. The number of halogens is 1. The number of hydrogen-bond acceptors (Lipinski definition) is 0. The first-order chi connectivity index (χ1) is 10.1. The lowest BCUT2D eigenvalue weighted by Gasteiger charge is -2.72. The van der Waals surface area contributed by atoms with Crippen LogP contribution in [0, 0.1) is 0 Å². The van der Waals surface area contributed by atoms with Crippen LogP contribution in [0.15, 0.2) is 0 Å². The van der Waals surface area contributed by atoms with E-state index in [0.717, 1.165) is 0 Å². The van der Waals surface area contributed by atoms with Gasteiger partial charge in [-0.3, -0.25) is 0 Å². The smallest absolute Gasteiger partial charge is 0.209 e. The van der Waals surface area contributed by atoms with Gasteiger partial charge in [0.1, 0.15) is 0 Å². The quantitative estimate of drug-likeness (QED) is 0.380. The fourth-order valence-corrected chi connectivity index (χ4v) is 337. The lowest BCUT2D eigenvalue weighted by Crippen LogP contribution is -3.03. The van der Waals surface area contributed by atoms with Crippen molar-refractivity contribution in [1.82, 2.24) is 0 Å². The van der Waals surface area contributed by atoms with Gasteiger partial charge in [0.25, 0.3) is 0 Å². The van der Waals surface area contributed by atoms with E-state index >= 15 is 0 Å². The van der Waals surface area contributed by atoms with Crippen molar-refractivity contribution >= 4 is 68.3 Å². The van der Waals surface area contributed by atoms with Gasteiger partial charge in [0.05, 0.1) is 0 Å². The maximum absolute atomic E-state index is 7.10. The molecular formula is C15H45BClSi7. The molecule has 0 spiro atoms. The standard InChI is InChI=1S/C15H45BClSi7/c1-18(2,3)23(16-17,19(4,5)6)24(20(7,8)9,21(10,11)12)22(13,14)15/h1-15H3. The zero-order valence-corrected chi connectivity index (χ0v) is 27.2. The van der Waals surface area contributed by atoms with Gasteiger partial charge in [0, 0.05) is 50.6 Å². The van der Waals surface area contributed by atoms with Crippen molar-refractivity contribution in [3.63, 3.8) is 0 Å². The highest BCUT2D eigenvalue weighted by Crippen LogP contribution is 2.49. The molecule has 9 heteroatoms. The van der Waals surface area contributed by atoms with Crippen molar-refractivity contribution in [1.29, 1.82) is 0 Å². The molecule has 0 aromatic carbocycles. The molecule has 0 unspecified atom stereocenters. The normalized spacial score (nSPS) is 16.3. The molecule has 0 aliphatic heterocycles. The van der Waals surface area contributed by atoms with Crippen LogP contribution in [0.1, 0.15) is 0 Å². The minimum atomic E-state index is -1.62. The van der Waals surface area contributed by atoms with Gasteiger partial charge in [0.2, 0.25) is 6.29 Å². The summed E-state index contributed by atoms with van der Waals surface area (Å²) >= 11 is 7.10. The Morgan fingerprint density at radius 2 is 0.625 bits per heavy atom. The summed E-state index contributed by atoms with van der Waals surface area (Å²) in [5.41, 5.74) is 0. The van der Waals surface area contributed by atoms with Gasteiger partial charge in [-0.05, 0) is 0 Å². The SMILES string of the molecule is C[Si](C)(C)[Si]([B]Cl)([Si](C)(C)C)[Si]([Si](C)(C)C)([Si](C)(C)C)[Si](C)(C)C. The summed E-state index contributed by atoms with van der Waals surface area (Å²) in [5, 5.41) is 0.